The Morgan fingerprint density at radius 1 is 1.13 bits per heavy atom. The Bertz CT molecular complexity index is 1160. The molecular formula is C23H21N3O4. The van der Waals surface area contributed by atoms with Crippen molar-refractivity contribution in [3.05, 3.63) is 78.2 Å². The number of para-hydroxylation sites is 1. The number of benzene rings is 2. The highest BCUT2D eigenvalue weighted by Gasteiger charge is 2.23. The van der Waals surface area contributed by atoms with Crippen molar-refractivity contribution >= 4 is 22.8 Å². The molecule has 0 saturated carbocycles. The molecule has 1 atom stereocenters. The Kier molecular flexibility index (Phi) is 5.61. The Balaban J connectivity index is 1.44. The molecule has 0 aliphatic heterocycles. The van der Waals surface area contributed by atoms with E-state index in [2.05, 4.69) is 15.5 Å². The Labute approximate surface area is 173 Å². The molecule has 0 spiro atoms. The largest absolute Gasteiger partial charge is 0.456 e. The fourth-order valence-corrected chi connectivity index (χ4v) is 3.33. The SMILES string of the molecule is CC(=O)N[C@@H](Cc1c[nH]c2ccccc12)C(=O)OCc1cc(-c2ccccc2)no1. The van der Waals surface area contributed by atoms with Crippen LogP contribution in [0.25, 0.3) is 22.2 Å². The highest BCUT2D eigenvalue weighted by Crippen LogP contribution is 2.21. The third-order valence-electron chi connectivity index (χ3n) is 4.75. The molecule has 0 fully saturated rings. The summed E-state index contributed by atoms with van der Waals surface area (Å²) >= 11 is 0. The molecular weight excluding hydrogens is 382 g/mol. The van der Waals surface area contributed by atoms with E-state index in [9.17, 15) is 9.59 Å². The molecule has 0 aliphatic rings. The van der Waals surface area contributed by atoms with E-state index < -0.39 is 12.0 Å². The second kappa shape index (κ2) is 8.65. The van der Waals surface area contributed by atoms with Gasteiger partial charge in [-0.15, -0.1) is 0 Å². The first-order chi connectivity index (χ1) is 14.6. The van der Waals surface area contributed by atoms with Gasteiger partial charge in [-0.25, -0.2) is 4.79 Å². The van der Waals surface area contributed by atoms with Crippen LogP contribution in [0.4, 0.5) is 0 Å². The van der Waals surface area contributed by atoms with E-state index in [-0.39, 0.29) is 12.5 Å². The van der Waals surface area contributed by atoms with Crippen LogP contribution in [-0.4, -0.2) is 28.1 Å². The van der Waals surface area contributed by atoms with Crippen LogP contribution in [0.1, 0.15) is 18.2 Å². The monoisotopic (exact) mass is 403 g/mol. The molecule has 0 saturated heterocycles. The fraction of sp³-hybridized carbons (Fsp3) is 0.174. The van der Waals surface area contributed by atoms with Gasteiger partial charge >= 0.3 is 5.97 Å². The number of aromatic nitrogens is 2. The van der Waals surface area contributed by atoms with Gasteiger partial charge in [-0.05, 0) is 11.6 Å². The fourth-order valence-electron chi connectivity index (χ4n) is 3.33. The molecule has 0 radical (unpaired) electrons. The predicted octanol–water partition coefficient (Wildman–Crippen LogP) is 3.61. The number of carbonyl (C=O) groups is 2. The second-order valence-electron chi connectivity index (χ2n) is 6.97. The number of ether oxygens (including phenoxy) is 1. The van der Waals surface area contributed by atoms with Gasteiger partial charge in [0.2, 0.25) is 5.91 Å². The predicted molar refractivity (Wildman–Crippen MR) is 111 cm³/mol. The average Bonchev–Trinajstić information content (AvgIpc) is 3.39. The van der Waals surface area contributed by atoms with Crippen molar-refractivity contribution in [2.45, 2.75) is 26.0 Å². The smallest absolute Gasteiger partial charge is 0.329 e. The molecule has 4 rings (SSSR count). The molecule has 2 N–H and O–H groups in total. The van der Waals surface area contributed by atoms with Crippen molar-refractivity contribution in [3.63, 3.8) is 0 Å². The van der Waals surface area contributed by atoms with Crippen LogP contribution in [0, 0.1) is 0 Å². The Hall–Kier alpha value is -3.87. The highest BCUT2D eigenvalue weighted by atomic mass is 16.6. The number of aromatic amines is 1. The number of carbonyl (C=O) groups excluding carboxylic acids is 2. The maximum atomic E-state index is 12.7. The summed E-state index contributed by atoms with van der Waals surface area (Å²) in [5.74, 6) is -0.410. The molecule has 152 valence electrons. The van der Waals surface area contributed by atoms with Gasteiger partial charge in [0.05, 0.1) is 0 Å². The molecule has 0 bridgehead atoms. The number of nitrogens with one attached hydrogen (secondary N) is 2. The van der Waals surface area contributed by atoms with Gasteiger partial charge < -0.3 is 19.6 Å². The minimum absolute atomic E-state index is 0.0668. The molecule has 7 heteroatoms. The minimum Gasteiger partial charge on any atom is -0.456 e. The first-order valence-corrected chi connectivity index (χ1v) is 9.60. The van der Waals surface area contributed by atoms with Gasteiger partial charge in [0.25, 0.3) is 0 Å². The minimum atomic E-state index is -0.807. The zero-order valence-corrected chi connectivity index (χ0v) is 16.4. The average molecular weight is 403 g/mol. The zero-order chi connectivity index (χ0) is 20.9. The van der Waals surface area contributed by atoms with Crippen molar-refractivity contribution in [1.82, 2.24) is 15.5 Å². The summed E-state index contributed by atoms with van der Waals surface area (Å²) in [6, 6.07) is 18.3. The quantitative estimate of drug-likeness (QED) is 0.460. The molecule has 30 heavy (non-hydrogen) atoms. The summed E-state index contributed by atoms with van der Waals surface area (Å²) in [5, 5.41) is 7.69. The maximum absolute atomic E-state index is 12.7. The van der Waals surface area contributed by atoms with Crippen LogP contribution in [0.2, 0.25) is 0 Å². The Morgan fingerprint density at radius 2 is 1.90 bits per heavy atom. The second-order valence-corrected chi connectivity index (χ2v) is 6.97. The summed E-state index contributed by atoms with van der Waals surface area (Å²) in [5.41, 5.74) is 3.47. The van der Waals surface area contributed by atoms with Crippen LogP contribution < -0.4 is 5.32 Å². The first-order valence-electron chi connectivity index (χ1n) is 9.60. The number of esters is 1. The molecule has 7 nitrogen and oxygen atoms in total. The lowest BCUT2D eigenvalue weighted by Crippen LogP contribution is -2.42. The van der Waals surface area contributed by atoms with E-state index in [1.54, 1.807) is 6.07 Å². The highest BCUT2D eigenvalue weighted by molar-refractivity contribution is 5.86. The molecule has 2 heterocycles. The number of rotatable bonds is 7. The summed E-state index contributed by atoms with van der Waals surface area (Å²) in [6.07, 6.45) is 2.16. The van der Waals surface area contributed by atoms with Crippen molar-refractivity contribution in [2.75, 3.05) is 0 Å². The molecule has 0 aliphatic carbocycles. The maximum Gasteiger partial charge on any atom is 0.329 e. The zero-order valence-electron chi connectivity index (χ0n) is 16.4. The summed E-state index contributed by atoms with van der Waals surface area (Å²) < 4.78 is 10.7. The van der Waals surface area contributed by atoms with Gasteiger partial charge in [0.15, 0.2) is 12.4 Å². The van der Waals surface area contributed by atoms with Gasteiger partial charge in [0, 0.05) is 42.1 Å². The van der Waals surface area contributed by atoms with E-state index >= 15 is 0 Å². The lowest BCUT2D eigenvalue weighted by molar-refractivity contribution is -0.149. The van der Waals surface area contributed by atoms with Gasteiger partial charge in [-0.2, -0.15) is 0 Å². The lowest BCUT2D eigenvalue weighted by Gasteiger charge is -2.16. The van der Waals surface area contributed by atoms with Crippen molar-refractivity contribution < 1.29 is 18.8 Å². The van der Waals surface area contributed by atoms with E-state index in [0.717, 1.165) is 22.0 Å². The topological polar surface area (TPSA) is 97.2 Å². The van der Waals surface area contributed by atoms with Crippen LogP contribution in [0.15, 0.2) is 71.4 Å². The van der Waals surface area contributed by atoms with Crippen molar-refractivity contribution in [3.8, 4) is 11.3 Å². The van der Waals surface area contributed by atoms with Gasteiger partial charge in [0.1, 0.15) is 11.7 Å². The first kappa shape index (κ1) is 19.4. The van der Waals surface area contributed by atoms with Gasteiger partial charge in [-0.3, -0.25) is 4.79 Å². The molecule has 0 unspecified atom stereocenters. The van der Waals surface area contributed by atoms with Crippen LogP contribution >= 0.6 is 0 Å². The molecule has 1 amide bonds. The molecule has 2 aromatic carbocycles. The molecule has 2 aromatic heterocycles. The normalized spacial score (nSPS) is 11.9. The van der Waals surface area contributed by atoms with Crippen LogP contribution in [0.5, 0.6) is 0 Å². The number of amides is 1. The van der Waals surface area contributed by atoms with Gasteiger partial charge in [-0.1, -0.05) is 53.7 Å². The molecule has 4 aromatic rings. The van der Waals surface area contributed by atoms with Crippen molar-refractivity contribution in [1.29, 1.82) is 0 Å². The van der Waals surface area contributed by atoms with E-state index in [0.29, 0.717) is 17.9 Å². The van der Waals surface area contributed by atoms with Crippen LogP contribution in [0.3, 0.4) is 0 Å². The Morgan fingerprint density at radius 3 is 2.70 bits per heavy atom. The lowest BCUT2D eigenvalue weighted by atomic mass is 10.0. The number of fused-ring (bicyclic) bond motifs is 1. The van der Waals surface area contributed by atoms with Crippen molar-refractivity contribution in [2.24, 2.45) is 0 Å². The standard InChI is InChI=1S/C23H21N3O4/c1-15(27)25-22(11-17-13-24-20-10-6-5-9-19(17)20)23(28)29-14-18-12-21(26-30-18)16-7-3-2-4-8-16/h2-10,12-13,22,24H,11,14H2,1H3,(H,25,27)/t22-/m0/s1. The summed E-state index contributed by atoms with van der Waals surface area (Å²) in [4.78, 5) is 27.5. The van der Waals surface area contributed by atoms with Crippen LogP contribution in [-0.2, 0) is 27.4 Å². The third-order valence-corrected chi connectivity index (χ3v) is 4.75. The summed E-state index contributed by atoms with van der Waals surface area (Å²) in [6.45, 7) is 1.31. The summed E-state index contributed by atoms with van der Waals surface area (Å²) in [7, 11) is 0. The van der Waals surface area contributed by atoms with E-state index in [1.165, 1.54) is 6.92 Å². The number of H-pyrrole nitrogens is 1. The third kappa shape index (κ3) is 4.41. The number of hydrogen-bond donors (Lipinski definition) is 2. The van der Waals surface area contributed by atoms with E-state index in [4.69, 9.17) is 9.26 Å². The number of hydrogen-bond acceptors (Lipinski definition) is 5. The number of nitrogens with zero attached hydrogens (tertiary/aromatic N) is 1. The van der Waals surface area contributed by atoms with E-state index in [1.807, 2.05) is 60.8 Å².